The van der Waals surface area contributed by atoms with Crippen LogP contribution in [0.4, 0.5) is 5.69 Å². The van der Waals surface area contributed by atoms with Gasteiger partial charge in [0.25, 0.3) is 5.91 Å². The summed E-state index contributed by atoms with van der Waals surface area (Å²) >= 11 is 0. The molecule has 1 fully saturated rings. The first kappa shape index (κ1) is 25.8. The molecule has 1 amide bonds. The highest BCUT2D eigenvalue weighted by Gasteiger charge is 2.28. The van der Waals surface area contributed by atoms with Gasteiger partial charge in [-0.2, -0.15) is 5.26 Å². The summed E-state index contributed by atoms with van der Waals surface area (Å²) in [6, 6.07) is 25.9. The van der Waals surface area contributed by atoms with Gasteiger partial charge >= 0.3 is 0 Å². The molecule has 2 aliphatic rings. The molecule has 6 rings (SSSR count). The van der Waals surface area contributed by atoms with E-state index in [0.717, 1.165) is 47.3 Å². The zero-order chi connectivity index (χ0) is 27.5. The molecule has 3 heterocycles. The second kappa shape index (κ2) is 11.3. The summed E-state index contributed by atoms with van der Waals surface area (Å²) in [7, 11) is 0. The van der Waals surface area contributed by atoms with Crippen LogP contribution >= 0.6 is 0 Å². The maximum absolute atomic E-state index is 13.8. The number of β-amino-alcohol motifs (C(OH)–C–C–N with tert-alkyl or cyclic N) is 1. The van der Waals surface area contributed by atoms with Gasteiger partial charge in [0, 0.05) is 61.0 Å². The predicted molar refractivity (Wildman–Crippen MR) is 153 cm³/mol. The van der Waals surface area contributed by atoms with Gasteiger partial charge in [0.1, 0.15) is 18.4 Å². The normalized spacial score (nSPS) is 16.5. The van der Waals surface area contributed by atoms with Crippen molar-refractivity contribution in [1.82, 2.24) is 9.88 Å². The Morgan fingerprint density at radius 3 is 2.73 bits per heavy atom. The first-order valence-corrected chi connectivity index (χ1v) is 13.6. The molecule has 0 unspecified atom stereocenters. The highest BCUT2D eigenvalue weighted by molar-refractivity contribution is 6.08. The van der Waals surface area contributed by atoms with Crippen molar-refractivity contribution in [2.45, 2.75) is 32.1 Å². The Morgan fingerprint density at radius 2 is 1.93 bits per heavy atom. The average Bonchev–Trinajstić information content (AvgIpc) is 3.62. The Labute approximate surface area is 233 Å². The lowest BCUT2D eigenvalue weighted by Crippen LogP contribution is -2.29. The third kappa shape index (κ3) is 5.32. The fraction of sp³-hybridized carbons (Fsp3) is 0.242. The van der Waals surface area contributed by atoms with Crippen LogP contribution in [0.2, 0.25) is 0 Å². The number of ether oxygens (including phenoxy) is 1. The second-order valence-electron chi connectivity index (χ2n) is 10.4. The number of benzene rings is 3. The minimum absolute atomic E-state index is 0.0647. The quantitative estimate of drug-likeness (QED) is 0.363. The summed E-state index contributed by atoms with van der Waals surface area (Å²) in [6.45, 7) is 2.88. The SMILES string of the molecule is N#Cc1cncc(COc2cc(C(=O)N3CCc4c(-c5ccccc5)cccc43)ccc2CN2CC[C@@H](O)C2)c1. The van der Waals surface area contributed by atoms with Crippen molar-refractivity contribution in [2.24, 2.45) is 0 Å². The molecular formula is C33H30N4O3. The van der Waals surface area contributed by atoms with E-state index in [1.807, 2.05) is 53.4 Å². The van der Waals surface area contributed by atoms with Gasteiger partial charge in [-0.05, 0) is 53.8 Å². The molecule has 7 nitrogen and oxygen atoms in total. The summed E-state index contributed by atoms with van der Waals surface area (Å²) in [4.78, 5) is 22.0. The third-order valence-electron chi connectivity index (χ3n) is 7.63. The number of aliphatic hydroxyl groups is 1. The Morgan fingerprint density at radius 1 is 1.05 bits per heavy atom. The number of anilines is 1. The smallest absolute Gasteiger partial charge is 0.258 e. The minimum atomic E-state index is -0.318. The fourth-order valence-corrected chi connectivity index (χ4v) is 5.63. The number of aliphatic hydroxyl groups excluding tert-OH is 1. The molecular weight excluding hydrogens is 500 g/mol. The van der Waals surface area contributed by atoms with E-state index in [0.29, 0.717) is 36.5 Å². The van der Waals surface area contributed by atoms with Gasteiger partial charge in [-0.1, -0.05) is 48.5 Å². The molecule has 1 atom stereocenters. The fourth-order valence-electron chi connectivity index (χ4n) is 5.63. The minimum Gasteiger partial charge on any atom is -0.488 e. The van der Waals surface area contributed by atoms with E-state index in [-0.39, 0.29) is 18.6 Å². The summed E-state index contributed by atoms with van der Waals surface area (Å²) in [6.07, 6.45) is 4.43. The van der Waals surface area contributed by atoms with Crippen molar-refractivity contribution in [1.29, 1.82) is 5.26 Å². The van der Waals surface area contributed by atoms with Gasteiger partial charge in [0.05, 0.1) is 11.7 Å². The third-order valence-corrected chi connectivity index (χ3v) is 7.63. The number of nitrogens with zero attached hydrogens (tertiary/aromatic N) is 4. The van der Waals surface area contributed by atoms with Crippen molar-refractivity contribution in [3.63, 3.8) is 0 Å². The number of carbonyl (C=O) groups excluding carboxylic acids is 1. The molecule has 0 radical (unpaired) electrons. The molecule has 2 aliphatic heterocycles. The number of pyridine rings is 1. The van der Waals surface area contributed by atoms with Crippen molar-refractivity contribution in [3.8, 4) is 22.9 Å². The molecule has 40 heavy (non-hydrogen) atoms. The highest BCUT2D eigenvalue weighted by Crippen LogP contribution is 2.37. The molecule has 0 spiro atoms. The van der Waals surface area contributed by atoms with Gasteiger partial charge in [-0.3, -0.25) is 14.7 Å². The molecule has 4 aromatic rings. The molecule has 0 bridgehead atoms. The zero-order valence-corrected chi connectivity index (χ0v) is 22.2. The van der Waals surface area contributed by atoms with Gasteiger partial charge in [-0.15, -0.1) is 0 Å². The Bertz CT molecular complexity index is 1580. The highest BCUT2D eigenvalue weighted by atomic mass is 16.5. The van der Waals surface area contributed by atoms with Gasteiger partial charge < -0.3 is 14.7 Å². The molecule has 1 aromatic heterocycles. The van der Waals surface area contributed by atoms with Crippen LogP contribution in [0.3, 0.4) is 0 Å². The van der Waals surface area contributed by atoms with Crippen LogP contribution in [0.25, 0.3) is 11.1 Å². The van der Waals surface area contributed by atoms with Crippen LogP contribution in [0, 0.1) is 11.3 Å². The van der Waals surface area contributed by atoms with Crippen molar-refractivity contribution >= 4 is 11.6 Å². The monoisotopic (exact) mass is 530 g/mol. The molecule has 1 saturated heterocycles. The number of carbonyl (C=O) groups is 1. The van der Waals surface area contributed by atoms with E-state index in [4.69, 9.17) is 4.74 Å². The number of fused-ring (bicyclic) bond motifs is 1. The summed E-state index contributed by atoms with van der Waals surface area (Å²) < 4.78 is 6.25. The number of likely N-dealkylation sites (tertiary alicyclic amines) is 1. The van der Waals surface area contributed by atoms with E-state index >= 15 is 0 Å². The summed E-state index contributed by atoms with van der Waals surface area (Å²) in [5, 5.41) is 19.2. The molecule has 3 aromatic carbocycles. The van der Waals surface area contributed by atoms with E-state index in [2.05, 4.69) is 34.2 Å². The predicted octanol–water partition coefficient (Wildman–Crippen LogP) is 4.97. The standard InChI is InChI=1S/C33H30N4O3/c34-17-23-15-24(19-35-18-23)22-40-32-16-26(9-10-27(32)20-36-13-11-28(38)21-36)33(39)37-14-12-30-29(7-4-8-31(30)37)25-5-2-1-3-6-25/h1-10,15-16,18-19,28,38H,11-14,20-22H2/t28-/m1/s1. The van der Waals surface area contributed by atoms with Gasteiger partial charge in [0.15, 0.2) is 0 Å². The number of rotatable bonds is 7. The van der Waals surface area contributed by atoms with E-state index in [9.17, 15) is 15.2 Å². The topological polar surface area (TPSA) is 89.7 Å². The molecule has 200 valence electrons. The molecule has 0 saturated carbocycles. The van der Waals surface area contributed by atoms with Crippen LogP contribution in [-0.2, 0) is 19.6 Å². The van der Waals surface area contributed by atoms with Crippen LogP contribution in [-0.4, -0.2) is 46.6 Å². The van der Waals surface area contributed by atoms with Crippen LogP contribution in [0.1, 0.15) is 39.0 Å². The first-order valence-electron chi connectivity index (χ1n) is 13.6. The van der Waals surface area contributed by atoms with Crippen LogP contribution < -0.4 is 9.64 Å². The lowest BCUT2D eigenvalue weighted by molar-refractivity contribution is 0.0989. The van der Waals surface area contributed by atoms with Crippen LogP contribution in [0.15, 0.2) is 85.2 Å². The van der Waals surface area contributed by atoms with E-state index < -0.39 is 0 Å². The maximum Gasteiger partial charge on any atom is 0.258 e. The second-order valence-corrected chi connectivity index (χ2v) is 10.4. The van der Waals surface area contributed by atoms with Crippen molar-refractivity contribution in [2.75, 3.05) is 24.5 Å². The number of hydrogen-bond acceptors (Lipinski definition) is 6. The lowest BCUT2D eigenvalue weighted by Gasteiger charge is -2.21. The van der Waals surface area contributed by atoms with E-state index in [1.54, 1.807) is 12.3 Å². The zero-order valence-electron chi connectivity index (χ0n) is 22.2. The van der Waals surface area contributed by atoms with Gasteiger partial charge in [0.2, 0.25) is 0 Å². The lowest BCUT2D eigenvalue weighted by atomic mass is 9.98. The summed E-state index contributed by atoms with van der Waals surface area (Å²) in [5.74, 6) is 0.553. The van der Waals surface area contributed by atoms with Crippen LogP contribution in [0.5, 0.6) is 5.75 Å². The number of aromatic nitrogens is 1. The maximum atomic E-state index is 13.8. The van der Waals surface area contributed by atoms with Gasteiger partial charge in [-0.25, -0.2) is 0 Å². The molecule has 0 aliphatic carbocycles. The number of amides is 1. The molecule has 7 heteroatoms. The Hall–Kier alpha value is -4.51. The number of hydrogen-bond donors (Lipinski definition) is 1. The number of nitriles is 1. The average molecular weight is 531 g/mol. The Kier molecular flexibility index (Phi) is 7.28. The largest absolute Gasteiger partial charge is 0.488 e. The van der Waals surface area contributed by atoms with Crippen molar-refractivity contribution in [3.05, 3.63) is 113 Å². The first-order chi connectivity index (χ1) is 19.6. The molecule has 1 N–H and O–H groups in total. The Balaban J connectivity index is 1.28. The van der Waals surface area contributed by atoms with E-state index in [1.165, 1.54) is 11.8 Å². The van der Waals surface area contributed by atoms with Crippen molar-refractivity contribution < 1.29 is 14.6 Å². The summed E-state index contributed by atoms with van der Waals surface area (Å²) in [5.41, 5.74) is 7.20.